The Hall–Kier alpha value is -1.91. The zero-order valence-corrected chi connectivity index (χ0v) is 13.1. The van der Waals surface area contributed by atoms with Gasteiger partial charge in [0.05, 0.1) is 12.0 Å². The van der Waals surface area contributed by atoms with Crippen LogP contribution in [0.25, 0.3) is 0 Å². The van der Waals surface area contributed by atoms with E-state index in [1.807, 2.05) is 0 Å². The number of piperidine rings is 1. The maximum Gasteiger partial charge on any atom is 0.225 e. The van der Waals surface area contributed by atoms with Crippen LogP contribution in [0.15, 0.2) is 24.3 Å². The third-order valence-electron chi connectivity index (χ3n) is 4.24. The Kier molecular flexibility index (Phi) is 5.52. The summed E-state index contributed by atoms with van der Waals surface area (Å²) in [5.41, 5.74) is 0.799. The molecule has 5 heteroatoms. The molecule has 0 unspecified atom stereocenters. The van der Waals surface area contributed by atoms with E-state index in [4.69, 9.17) is 0 Å². The van der Waals surface area contributed by atoms with Gasteiger partial charge in [-0.2, -0.15) is 0 Å². The van der Waals surface area contributed by atoms with Gasteiger partial charge in [0.25, 0.3) is 0 Å². The predicted molar refractivity (Wildman–Crippen MR) is 82.6 cm³/mol. The summed E-state index contributed by atoms with van der Waals surface area (Å²) < 4.78 is 13.1. The van der Waals surface area contributed by atoms with Crippen molar-refractivity contribution in [3.63, 3.8) is 0 Å². The minimum atomic E-state index is -0.330. The van der Waals surface area contributed by atoms with Crippen molar-refractivity contribution >= 4 is 11.8 Å². The number of benzene rings is 1. The largest absolute Gasteiger partial charge is 0.356 e. The van der Waals surface area contributed by atoms with E-state index in [1.54, 1.807) is 24.1 Å². The van der Waals surface area contributed by atoms with Gasteiger partial charge in [0.2, 0.25) is 11.8 Å². The lowest BCUT2D eigenvalue weighted by Crippen LogP contribution is -2.46. The van der Waals surface area contributed by atoms with Crippen LogP contribution < -0.4 is 5.32 Å². The van der Waals surface area contributed by atoms with Crippen LogP contribution in [0.3, 0.4) is 0 Å². The molecule has 1 aliphatic heterocycles. The molecule has 0 aromatic heterocycles. The standard InChI is InChI=1S/C17H23FN2O2/c1-3-4-11-19-17(22)14-9-10-15(21)20(2)16(14)12-5-7-13(18)8-6-12/h5-8,14,16H,3-4,9-11H2,1-2H3,(H,19,22)/t14-,16+/m0/s1. The number of rotatable bonds is 5. The Balaban J connectivity index is 2.20. The quantitative estimate of drug-likeness (QED) is 0.850. The lowest BCUT2D eigenvalue weighted by atomic mass is 9.84. The van der Waals surface area contributed by atoms with Crippen LogP contribution in [0.2, 0.25) is 0 Å². The molecule has 0 spiro atoms. The van der Waals surface area contributed by atoms with Crippen LogP contribution in [-0.2, 0) is 9.59 Å². The van der Waals surface area contributed by atoms with Gasteiger partial charge in [0, 0.05) is 20.0 Å². The average molecular weight is 306 g/mol. The summed E-state index contributed by atoms with van der Waals surface area (Å²) in [4.78, 5) is 26.1. The van der Waals surface area contributed by atoms with E-state index in [0.717, 1.165) is 18.4 Å². The first-order valence-electron chi connectivity index (χ1n) is 7.83. The number of amides is 2. The van der Waals surface area contributed by atoms with Gasteiger partial charge in [-0.3, -0.25) is 9.59 Å². The molecule has 1 N–H and O–H groups in total. The molecule has 1 heterocycles. The Morgan fingerprint density at radius 3 is 2.68 bits per heavy atom. The third kappa shape index (κ3) is 3.64. The lowest BCUT2D eigenvalue weighted by molar-refractivity contribution is -0.141. The van der Waals surface area contributed by atoms with Gasteiger partial charge >= 0.3 is 0 Å². The number of nitrogens with one attached hydrogen (secondary N) is 1. The van der Waals surface area contributed by atoms with Gasteiger partial charge in [0.15, 0.2) is 0 Å². The molecule has 120 valence electrons. The van der Waals surface area contributed by atoms with Crippen LogP contribution in [0.5, 0.6) is 0 Å². The first kappa shape index (κ1) is 16.5. The van der Waals surface area contributed by atoms with Crippen LogP contribution in [-0.4, -0.2) is 30.3 Å². The van der Waals surface area contributed by atoms with Crippen molar-refractivity contribution in [3.05, 3.63) is 35.6 Å². The predicted octanol–water partition coefficient (Wildman–Crippen LogP) is 2.65. The Morgan fingerprint density at radius 1 is 1.36 bits per heavy atom. The second-order valence-corrected chi connectivity index (χ2v) is 5.79. The number of hydrogen-bond acceptors (Lipinski definition) is 2. The number of nitrogens with zero attached hydrogens (tertiary/aromatic N) is 1. The monoisotopic (exact) mass is 306 g/mol. The smallest absolute Gasteiger partial charge is 0.225 e. The summed E-state index contributed by atoms with van der Waals surface area (Å²) in [6, 6.07) is 5.72. The van der Waals surface area contributed by atoms with Crippen molar-refractivity contribution in [1.29, 1.82) is 0 Å². The van der Waals surface area contributed by atoms with Crippen molar-refractivity contribution in [3.8, 4) is 0 Å². The molecule has 1 fully saturated rings. The molecule has 1 aromatic carbocycles. The Labute approximate surface area is 130 Å². The van der Waals surface area contributed by atoms with E-state index < -0.39 is 0 Å². The van der Waals surface area contributed by atoms with E-state index in [9.17, 15) is 14.0 Å². The highest BCUT2D eigenvalue weighted by Crippen LogP contribution is 2.35. The maximum absolute atomic E-state index is 13.1. The molecular formula is C17H23FN2O2. The second kappa shape index (κ2) is 7.38. The van der Waals surface area contributed by atoms with Crippen molar-refractivity contribution in [2.45, 2.75) is 38.6 Å². The van der Waals surface area contributed by atoms with E-state index in [0.29, 0.717) is 19.4 Å². The first-order valence-corrected chi connectivity index (χ1v) is 7.83. The van der Waals surface area contributed by atoms with Crippen LogP contribution in [0.1, 0.15) is 44.2 Å². The molecular weight excluding hydrogens is 283 g/mol. The number of carbonyl (C=O) groups excluding carboxylic acids is 2. The van der Waals surface area contributed by atoms with Crippen molar-refractivity contribution < 1.29 is 14.0 Å². The van der Waals surface area contributed by atoms with E-state index in [1.165, 1.54) is 12.1 Å². The summed E-state index contributed by atoms with van der Waals surface area (Å²) in [6.07, 6.45) is 2.86. The molecule has 1 aliphatic rings. The fraction of sp³-hybridized carbons (Fsp3) is 0.529. The fourth-order valence-electron chi connectivity index (χ4n) is 2.95. The molecule has 22 heavy (non-hydrogen) atoms. The molecule has 0 aliphatic carbocycles. The van der Waals surface area contributed by atoms with Gasteiger partial charge in [-0.15, -0.1) is 0 Å². The van der Waals surface area contributed by atoms with E-state index in [-0.39, 0.29) is 29.6 Å². The molecule has 2 rings (SSSR count). The highest BCUT2D eigenvalue weighted by molar-refractivity contribution is 5.84. The molecule has 2 atom stereocenters. The summed E-state index contributed by atoms with van der Waals surface area (Å²) in [5.74, 6) is -0.614. The van der Waals surface area contributed by atoms with Crippen molar-refractivity contribution in [2.24, 2.45) is 5.92 Å². The number of halogens is 1. The molecule has 0 bridgehead atoms. The van der Waals surface area contributed by atoms with Crippen molar-refractivity contribution in [2.75, 3.05) is 13.6 Å². The van der Waals surface area contributed by atoms with Crippen LogP contribution >= 0.6 is 0 Å². The normalized spacial score (nSPS) is 21.8. The number of hydrogen-bond donors (Lipinski definition) is 1. The molecule has 0 radical (unpaired) electrons. The number of unbranched alkanes of at least 4 members (excludes halogenated alkanes) is 1. The summed E-state index contributed by atoms with van der Waals surface area (Å²) in [5, 5.41) is 2.95. The molecule has 4 nitrogen and oxygen atoms in total. The van der Waals surface area contributed by atoms with Crippen molar-refractivity contribution in [1.82, 2.24) is 10.2 Å². The average Bonchev–Trinajstić information content (AvgIpc) is 2.51. The molecule has 2 amide bonds. The molecule has 1 aromatic rings. The topological polar surface area (TPSA) is 49.4 Å². The van der Waals surface area contributed by atoms with Gasteiger partial charge < -0.3 is 10.2 Å². The minimum absolute atomic E-state index is 0.0203. The van der Waals surface area contributed by atoms with E-state index >= 15 is 0 Å². The second-order valence-electron chi connectivity index (χ2n) is 5.79. The first-order chi connectivity index (χ1) is 10.5. The summed E-state index contributed by atoms with van der Waals surface area (Å²) in [7, 11) is 1.71. The van der Waals surface area contributed by atoms with Gasteiger partial charge in [-0.25, -0.2) is 4.39 Å². The third-order valence-corrected chi connectivity index (χ3v) is 4.24. The van der Waals surface area contributed by atoms with Crippen LogP contribution in [0.4, 0.5) is 4.39 Å². The SMILES string of the molecule is CCCCNC(=O)[C@H]1CCC(=O)N(C)[C@@H]1c1ccc(F)cc1. The van der Waals surface area contributed by atoms with E-state index in [2.05, 4.69) is 12.2 Å². The maximum atomic E-state index is 13.1. The number of carbonyl (C=O) groups is 2. The zero-order chi connectivity index (χ0) is 16.1. The van der Waals surface area contributed by atoms with Crippen LogP contribution in [0, 0.1) is 11.7 Å². The van der Waals surface area contributed by atoms with Gasteiger partial charge in [0.1, 0.15) is 5.82 Å². The summed E-state index contributed by atoms with van der Waals surface area (Å²) >= 11 is 0. The minimum Gasteiger partial charge on any atom is -0.356 e. The number of likely N-dealkylation sites (tertiary alicyclic amines) is 1. The summed E-state index contributed by atoms with van der Waals surface area (Å²) in [6.45, 7) is 2.72. The fourth-order valence-corrected chi connectivity index (χ4v) is 2.95. The zero-order valence-electron chi connectivity index (χ0n) is 13.1. The highest BCUT2D eigenvalue weighted by atomic mass is 19.1. The molecule has 0 saturated carbocycles. The van der Waals surface area contributed by atoms with Gasteiger partial charge in [-0.05, 0) is 30.5 Å². The van der Waals surface area contributed by atoms with Gasteiger partial charge in [-0.1, -0.05) is 25.5 Å². The molecule has 1 saturated heterocycles. The Morgan fingerprint density at radius 2 is 2.05 bits per heavy atom. The lowest BCUT2D eigenvalue weighted by Gasteiger charge is -2.38. The Bertz CT molecular complexity index is 530. The highest BCUT2D eigenvalue weighted by Gasteiger charge is 2.38.